The molecule has 0 radical (unpaired) electrons. The SMILES string of the molecule is COc1ccc(-c2c(C)ncnc2C#N)c(C)c1. The predicted octanol–water partition coefficient (Wildman–Crippen LogP) is 2.64. The van der Waals surface area contributed by atoms with Gasteiger partial charge >= 0.3 is 0 Å². The van der Waals surface area contributed by atoms with Gasteiger partial charge in [-0.05, 0) is 37.1 Å². The van der Waals surface area contributed by atoms with Crippen LogP contribution < -0.4 is 4.74 Å². The van der Waals surface area contributed by atoms with Gasteiger partial charge in [0.2, 0.25) is 0 Å². The summed E-state index contributed by atoms with van der Waals surface area (Å²) in [6, 6.07) is 7.84. The number of rotatable bonds is 2. The largest absolute Gasteiger partial charge is 0.497 e. The van der Waals surface area contributed by atoms with Gasteiger partial charge in [-0.3, -0.25) is 0 Å². The van der Waals surface area contributed by atoms with Gasteiger partial charge < -0.3 is 4.74 Å². The van der Waals surface area contributed by atoms with Crippen molar-refractivity contribution in [1.82, 2.24) is 9.97 Å². The van der Waals surface area contributed by atoms with Crippen molar-refractivity contribution in [3.63, 3.8) is 0 Å². The van der Waals surface area contributed by atoms with Gasteiger partial charge in [0.1, 0.15) is 18.1 Å². The zero-order valence-electron chi connectivity index (χ0n) is 10.6. The van der Waals surface area contributed by atoms with Crippen LogP contribution in [0.15, 0.2) is 24.5 Å². The normalized spacial score (nSPS) is 9.89. The van der Waals surface area contributed by atoms with Gasteiger partial charge in [0.15, 0.2) is 5.69 Å². The lowest BCUT2D eigenvalue weighted by Crippen LogP contribution is -1.97. The number of hydrogen-bond donors (Lipinski definition) is 0. The second-order valence-electron chi connectivity index (χ2n) is 3.98. The van der Waals surface area contributed by atoms with Crippen LogP contribution in [0.5, 0.6) is 5.75 Å². The third-order valence-electron chi connectivity index (χ3n) is 2.85. The maximum Gasteiger partial charge on any atom is 0.151 e. The lowest BCUT2D eigenvalue weighted by molar-refractivity contribution is 0.414. The minimum atomic E-state index is 0.399. The van der Waals surface area contributed by atoms with Crippen molar-refractivity contribution in [3.05, 3.63) is 41.5 Å². The molecule has 0 atom stereocenters. The number of aromatic nitrogens is 2. The minimum Gasteiger partial charge on any atom is -0.497 e. The molecule has 0 amide bonds. The Hall–Kier alpha value is -2.41. The van der Waals surface area contributed by atoms with Crippen LogP contribution in [-0.2, 0) is 0 Å². The van der Waals surface area contributed by atoms with Gasteiger partial charge in [-0.2, -0.15) is 5.26 Å². The summed E-state index contributed by atoms with van der Waals surface area (Å²) in [6.45, 7) is 3.85. The maximum absolute atomic E-state index is 9.13. The lowest BCUT2D eigenvalue weighted by atomic mass is 9.98. The van der Waals surface area contributed by atoms with Crippen LogP contribution in [0.3, 0.4) is 0 Å². The first-order valence-corrected chi connectivity index (χ1v) is 5.54. The molecule has 0 N–H and O–H groups in total. The Labute approximate surface area is 106 Å². The zero-order chi connectivity index (χ0) is 13.1. The van der Waals surface area contributed by atoms with Gasteiger partial charge in [-0.25, -0.2) is 9.97 Å². The number of nitrogens with zero attached hydrogens (tertiary/aromatic N) is 3. The van der Waals surface area contributed by atoms with Crippen molar-refractivity contribution in [2.24, 2.45) is 0 Å². The molecule has 2 rings (SSSR count). The van der Waals surface area contributed by atoms with Crippen LogP contribution in [-0.4, -0.2) is 17.1 Å². The summed E-state index contributed by atoms with van der Waals surface area (Å²) in [5.74, 6) is 0.796. The van der Waals surface area contributed by atoms with Crippen molar-refractivity contribution in [2.45, 2.75) is 13.8 Å². The maximum atomic E-state index is 9.13. The Balaban J connectivity index is 2.66. The average molecular weight is 239 g/mol. The van der Waals surface area contributed by atoms with E-state index in [1.165, 1.54) is 6.33 Å². The summed E-state index contributed by atoms with van der Waals surface area (Å²) in [4.78, 5) is 8.17. The van der Waals surface area contributed by atoms with E-state index in [1.807, 2.05) is 32.0 Å². The highest BCUT2D eigenvalue weighted by Gasteiger charge is 2.13. The molecule has 2 aromatic rings. The smallest absolute Gasteiger partial charge is 0.151 e. The number of methoxy groups -OCH3 is 1. The summed E-state index contributed by atoms with van der Waals surface area (Å²) >= 11 is 0. The van der Waals surface area contributed by atoms with Crippen molar-refractivity contribution in [3.8, 4) is 22.9 Å². The summed E-state index contributed by atoms with van der Waals surface area (Å²) < 4.78 is 5.18. The molecule has 0 bridgehead atoms. The summed E-state index contributed by atoms with van der Waals surface area (Å²) in [5.41, 5.74) is 3.99. The fourth-order valence-corrected chi connectivity index (χ4v) is 1.92. The molecule has 0 spiro atoms. The second-order valence-corrected chi connectivity index (χ2v) is 3.98. The molecule has 1 aromatic carbocycles. The fourth-order valence-electron chi connectivity index (χ4n) is 1.92. The van der Waals surface area contributed by atoms with E-state index in [-0.39, 0.29) is 0 Å². The summed E-state index contributed by atoms with van der Waals surface area (Å²) in [7, 11) is 1.63. The van der Waals surface area contributed by atoms with E-state index < -0.39 is 0 Å². The van der Waals surface area contributed by atoms with Gasteiger partial charge in [0.05, 0.1) is 7.11 Å². The van der Waals surface area contributed by atoms with Crippen molar-refractivity contribution >= 4 is 0 Å². The van der Waals surface area contributed by atoms with E-state index in [0.29, 0.717) is 5.69 Å². The first kappa shape index (κ1) is 12.1. The number of aryl methyl sites for hydroxylation is 2. The zero-order valence-corrected chi connectivity index (χ0v) is 10.6. The van der Waals surface area contributed by atoms with Crippen LogP contribution in [0, 0.1) is 25.2 Å². The summed E-state index contributed by atoms with van der Waals surface area (Å²) in [6.07, 6.45) is 1.41. The molecule has 4 nitrogen and oxygen atoms in total. The van der Waals surface area contributed by atoms with Gasteiger partial charge in [-0.15, -0.1) is 0 Å². The first-order valence-electron chi connectivity index (χ1n) is 5.54. The van der Waals surface area contributed by atoms with E-state index in [4.69, 9.17) is 10.00 Å². The molecule has 90 valence electrons. The fraction of sp³-hybridized carbons (Fsp3) is 0.214. The van der Waals surface area contributed by atoms with Crippen molar-refractivity contribution in [2.75, 3.05) is 7.11 Å². The average Bonchev–Trinajstić information content (AvgIpc) is 2.39. The van der Waals surface area contributed by atoms with Crippen LogP contribution in [0.1, 0.15) is 17.0 Å². The third kappa shape index (κ3) is 2.03. The molecule has 0 unspecified atom stereocenters. The molecule has 0 aliphatic rings. The highest BCUT2D eigenvalue weighted by Crippen LogP contribution is 2.30. The molecular weight excluding hydrogens is 226 g/mol. The predicted molar refractivity (Wildman–Crippen MR) is 68.2 cm³/mol. The second kappa shape index (κ2) is 4.84. The quantitative estimate of drug-likeness (QED) is 0.808. The molecule has 1 heterocycles. The Morgan fingerprint density at radius 2 is 2.00 bits per heavy atom. The van der Waals surface area contributed by atoms with Gasteiger partial charge in [0.25, 0.3) is 0 Å². The Bertz CT molecular complexity index is 629. The monoisotopic (exact) mass is 239 g/mol. The molecule has 0 fully saturated rings. The Morgan fingerprint density at radius 3 is 2.61 bits per heavy atom. The van der Waals surface area contributed by atoms with E-state index in [1.54, 1.807) is 7.11 Å². The lowest BCUT2D eigenvalue weighted by Gasteiger charge is -2.11. The van der Waals surface area contributed by atoms with Crippen molar-refractivity contribution < 1.29 is 4.74 Å². The Kier molecular flexibility index (Phi) is 3.24. The molecule has 0 saturated carbocycles. The number of hydrogen-bond acceptors (Lipinski definition) is 4. The van der Waals surface area contributed by atoms with E-state index in [9.17, 15) is 0 Å². The number of benzene rings is 1. The highest BCUT2D eigenvalue weighted by atomic mass is 16.5. The molecule has 0 saturated heterocycles. The highest BCUT2D eigenvalue weighted by molar-refractivity contribution is 5.74. The van der Waals surface area contributed by atoms with E-state index >= 15 is 0 Å². The number of nitriles is 1. The van der Waals surface area contributed by atoms with Crippen LogP contribution in [0.2, 0.25) is 0 Å². The standard InChI is InChI=1S/C14H13N3O/c1-9-6-11(18-3)4-5-12(9)14-10(2)16-8-17-13(14)7-15/h4-6,8H,1-3H3. The van der Waals surface area contributed by atoms with Crippen LogP contribution >= 0.6 is 0 Å². The van der Waals surface area contributed by atoms with Crippen LogP contribution in [0.4, 0.5) is 0 Å². The molecular formula is C14H13N3O. The topological polar surface area (TPSA) is 58.8 Å². The molecule has 0 aliphatic heterocycles. The molecule has 18 heavy (non-hydrogen) atoms. The third-order valence-corrected chi connectivity index (χ3v) is 2.85. The molecule has 0 aliphatic carbocycles. The minimum absolute atomic E-state index is 0.399. The van der Waals surface area contributed by atoms with Gasteiger partial charge in [-0.1, -0.05) is 6.07 Å². The van der Waals surface area contributed by atoms with E-state index in [0.717, 1.165) is 28.1 Å². The van der Waals surface area contributed by atoms with E-state index in [2.05, 4.69) is 16.0 Å². The Morgan fingerprint density at radius 1 is 1.22 bits per heavy atom. The molecule has 4 heteroatoms. The van der Waals surface area contributed by atoms with Crippen molar-refractivity contribution in [1.29, 1.82) is 5.26 Å². The molecule has 1 aromatic heterocycles. The van der Waals surface area contributed by atoms with Crippen LogP contribution in [0.25, 0.3) is 11.1 Å². The van der Waals surface area contributed by atoms with Gasteiger partial charge in [0, 0.05) is 11.3 Å². The first-order chi connectivity index (χ1) is 8.67. The summed E-state index contributed by atoms with van der Waals surface area (Å²) in [5, 5.41) is 9.13. The number of ether oxygens (including phenoxy) is 1.